The lowest BCUT2D eigenvalue weighted by Gasteiger charge is -2.21. The summed E-state index contributed by atoms with van der Waals surface area (Å²) in [5, 5.41) is 14.9. The second kappa shape index (κ2) is 9.69. The van der Waals surface area contributed by atoms with Gasteiger partial charge in [-0.2, -0.15) is 18.4 Å². The van der Waals surface area contributed by atoms with Gasteiger partial charge in [-0.15, -0.1) is 0 Å². The number of alkyl halides is 3. The normalized spacial score (nSPS) is 14.9. The molecule has 4 nitrogen and oxygen atoms in total. The Labute approximate surface area is 179 Å². The molecule has 1 amide bonds. The molecular formula is C24H24F3N3O. The second-order valence-corrected chi connectivity index (χ2v) is 7.57. The van der Waals surface area contributed by atoms with Crippen LogP contribution < -0.4 is 10.6 Å². The fourth-order valence-corrected chi connectivity index (χ4v) is 3.72. The van der Waals surface area contributed by atoms with Gasteiger partial charge < -0.3 is 10.6 Å². The van der Waals surface area contributed by atoms with Gasteiger partial charge in [-0.05, 0) is 67.0 Å². The first-order valence-electron chi connectivity index (χ1n) is 10.3. The number of amides is 1. The average molecular weight is 427 g/mol. The molecular weight excluding hydrogens is 403 g/mol. The van der Waals surface area contributed by atoms with Gasteiger partial charge in [0.25, 0.3) is 5.91 Å². The summed E-state index contributed by atoms with van der Waals surface area (Å²) in [6.45, 7) is 2.00. The number of rotatable bonds is 6. The Morgan fingerprint density at radius 2 is 1.90 bits per heavy atom. The largest absolute Gasteiger partial charge is 0.416 e. The summed E-state index contributed by atoms with van der Waals surface area (Å²) in [7, 11) is 0. The number of benzene rings is 2. The zero-order valence-corrected chi connectivity index (χ0v) is 17.2. The maximum atomic E-state index is 12.9. The zero-order valence-electron chi connectivity index (χ0n) is 17.2. The molecule has 0 heterocycles. The number of fused-ring (bicyclic) bond motifs is 1. The van der Waals surface area contributed by atoms with E-state index in [4.69, 9.17) is 0 Å². The molecule has 0 aliphatic heterocycles. The summed E-state index contributed by atoms with van der Waals surface area (Å²) in [5.41, 5.74) is 2.69. The van der Waals surface area contributed by atoms with Crippen molar-refractivity contribution in [3.05, 3.63) is 76.5 Å². The molecule has 1 aliphatic rings. The van der Waals surface area contributed by atoms with Gasteiger partial charge in [0.2, 0.25) is 0 Å². The molecule has 2 aromatic rings. The lowest BCUT2D eigenvalue weighted by Crippen LogP contribution is -2.20. The maximum Gasteiger partial charge on any atom is 0.416 e. The molecule has 0 saturated heterocycles. The molecule has 31 heavy (non-hydrogen) atoms. The van der Waals surface area contributed by atoms with Crippen LogP contribution in [0.1, 0.15) is 54.5 Å². The Hall–Kier alpha value is -3.27. The molecule has 3 rings (SSSR count). The maximum absolute atomic E-state index is 12.9. The first-order valence-corrected chi connectivity index (χ1v) is 10.3. The number of halogens is 3. The highest BCUT2D eigenvalue weighted by Gasteiger charge is 2.30. The Balaban J connectivity index is 1.72. The number of aryl methyl sites for hydroxylation is 2. The Morgan fingerprint density at radius 1 is 1.16 bits per heavy atom. The van der Waals surface area contributed by atoms with E-state index in [1.807, 2.05) is 13.0 Å². The predicted molar refractivity (Wildman–Crippen MR) is 113 cm³/mol. The molecule has 2 aromatic carbocycles. The van der Waals surface area contributed by atoms with E-state index in [-0.39, 0.29) is 17.3 Å². The molecule has 0 fully saturated rings. The van der Waals surface area contributed by atoms with Crippen molar-refractivity contribution in [1.29, 1.82) is 5.26 Å². The summed E-state index contributed by atoms with van der Waals surface area (Å²) < 4.78 is 38.6. The van der Waals surface area contributed by atoms with Crippen LogP contribution >= 0.6 is 0 Å². The molecule has 1 unspecified atom stereocenters. The highest BCUT2D eigenvalue weighted by atomic mass is 19.4. The van der Waals surface area contributed by atoms with Crippen molar-refractivity contribution in [1.82, 2.24) is 5.32 Å². The van der Waals surface area contributed by atoms with Gasteiger partial charge >= 0.3 is 6.18 Å². The van der Waals surface area contributed by atoms with Crippen molar-refractivity contribution >= 4 is 11.6 Å². The topological polar surface area (TPSA) is 64.9 Å². The lowest BCUT2D eigenvalue weighted by molar-refractivity contribution is -0.137. The van der Waals surface area contributed by atoms with Crippen LogP contribution in [0, 0.1) is 11.3 Å². The van der Waals surface area contributed by atoms with E-state index in [2.05, 4.69) is 28.8 Å². The fourth-order valence-electron chi connectivity index (χ4n) is 3.72. The number of nitriles is 1. The van der Waals surface area contributed by atoms with E-state index >= 15 is 0 Å². The van der Waals surface area contributed by atoms with Crippen LogP contribution in [0.25, 0.3) is 0 Å². The summed E-state index contributed by atoms with van der Waals surface area (Å²) in [6, 6.07) is 12.4. The van der Waals surface area contributed by atoms with Gasteiger partial charge in [0.15, 0.2) is 0 Å². The summed E-state index contributed by atoms with van der Waals surface area (Å²) in [4.78, 5) is 12.4. The lowest BCUT2D eigenvalue weighted by atomic mass is 9.89. The molecule has 162 valence electrons. The molecule has 0 bridgehead atoms. The highest BCUT2D eigenvalue weighted by molar-refractivity contribution is 6.06. The standard InChI is InChI=1S/C24H24F3N3O/c1-2-22(18-11-10-16-6-3-4-7-17(16)12-18)29-15-19(14-28)23(31)30-21-9-5-8-20(13-21)24(25,26)27/h5,8-13,15,22,29H,2-4,6-7H2,1H3,(H,30,31)/b19-15-. The van der Waals surface area contributed by atoms with Crippen molar-refractivity contribution in [3.63, 3.8) is 0 Å². The van der Waals surface area contributed by atoms with Crippen molar-refractivity contribution < 1.29 is 18.0 Å². The number of hydrogen-bond acceptors (Lipinski definition) is 3. The van der Waals surface area contributed by atoms with Gasteiger partial charge in [0.05, 0.1) is 11.6 Å². The third kappa shape index (κ3) is 5.66. The van der Waals surface area contributed by atoms with Gasteiger partial charge in [-0.3, -0.25) is 4.79 Å². The minimum absolute atomic E-state index is 0.0253. The van der Waals surface area contributed by atoms with Gasteiger partial charge in [-0.25, -0.2) is 0 Å². The molecule has 1 aliphatic carbocycles. The summed E-state index contributed by atoms with van der Waals surface area (Å²) >= 11 is 0. The first-order chi connectivity index (χ1) is 14.8. The monoisotopic (exact) mass is 427 g/mol. The second-order valence-electron chi connectivity index (χ2n) is 7.57. The van der Waals surface area contributed by atoms with E-state index in [0.717, 1.165) is 37.0 Å². The van der Waals surface area contributed by atoms with Crippen molar-refractivity contribution in [2.45, 2.75) is 51.2 Å². The summed E-state index contributed by atoms with van der Waals surface area (Å²) in [6.07, 6.45) is 2.08. The summed E-state index contributed by atoms with van der Waals surface area (Å²) in [5.74, 6) is -0.769. The van der Waals surface area contributed by atoms with Crippen LogP contribution in [0.5, 0.6) is 0 Å². The molecule has 0 saturated carbocycles. The molecule has 2 N–H and O–H groups in total. The van der Waals surface area contributed by atoms with Gasteiger partial charge in [0, 0.05) is 11.9 Å². The van der Waals surface area contributed by atoms with Crippen LogP contribution in [-0.2, 0) is 23.8 Å². The number of nitrogens with zero attached hydrogens (tertiary/aromatic N) is 1. The minimum atomic E-state index is -4.51. The van der Waals surface area contributed by atoms with Crippen molar-refractivity contribution in [2.24, 2.45) is 0 Å². The van der Waals surface area contributed by atoms with E-state index in [0.29, 0.717) is 0 Å². The Bertz CT molecular complexity index is 1020. The Morgan fingerprint density at radius 3 is 2.58 bits per heavy atom. The van der Waals surface area contributed by atoms with Crippen LogP contribution in [0.15, 0.2) is 54.2 Å². The van der Waals surface area contributed by atoms with E-state index < -0.39 is 17.6 Å². The van der Waals surface area contributed by atoms with Gasteiger partial charge in [0.1, 0.15) is 11.6 Å². The number of nitrogens with one attached hydrogen (secondary N) is 2. The van der Waals surface area contributed by atoms with E-state index in [1.165, 1.54) is 42.3 Å². The zero-order chi connectivity index (χ0) is 22.4. The van der Waals surface area contributed by atoms with Crippen LogP contribution in [-0.4, -0.2) is 5.91 Å². The molecule has 0 spiro atoms. The molecule has 0 aromatic heterocycles. The highest BCUT2D eigenvalue weighted by Crippen LogP contribution is 2.31. The van der Waals surface area contributed by atoms with Crippen molar-refractivity contribution in [2.75, 3.05) is 5.32 Å². The number of hydrogen-bond donors (Lipinski definition) is 2. The quantitative estimate of drug-likeness (QED) is 0.461. The van der Waals surface area contributed by atoms with Gasteiger partial charge in [-0.1, -0.05) is 31.2 Å². The SMILES string of the molecule is CCC(N/C=C(/C#N)C(=O)Nc1cccc(C(F)(F)F)c1)c1ccc2c(c1)CCCC2. The van der Waals surface area contributed by atoms with Crippen LogP contribution in [0.4, 0.5) is 18.9 Å². The number of carbonyl (C=O) groups excluding carboxylic acids is 1. The average Bonchev–Trinajstić information content (AvgIpc) is 2.76. The van der Waals surface area contributed by atoms with Crippen molar-refractivity contribution in [3.8, 4) is 6.07 Å². The number of anilines is 1. The third-order valence-electron chi connectivity index (χ3n) is 5.42. The van der Waals surface area contributed by atoms with Crippen LogP contribution in [0.3, 0.4) is 0 Å². The fraction of sp³-hybridized carbons (Fsp3) is 0.333. The minimum Gasteiger partial charge on any atom is -0.383 e. The Kier molecular flexibility index (Phi) is 7.01. The molecule has 1 atom stereocenters. The smallest absolute Gasteiger partial charge is 0.383 e. The molecule has 7 heteroatoms. The first kappa shape index (κ1) is 22.4. The third-order valence-corrected chi connectivity index (χ3v) is 5.42. The molecule has 0 radical (unpaired) electrons. The number of carbonyl (C=O) groups is 1. The van der Waals surface area contributed by atoms with E-state index in [9.17, 15) is 23.2 Å². The predicted octanol–water partition coefficient (Wildman–Crippen LogP) is 5.67. The van der Waals surface area contributed by atoms with Crippen LogP contribution in [0.2, 0.25) is 0 Å². The van der Waals surface area contributed by atoms with E-state index in [1.54, 1.807) is 0 Å².